The second kappa shape index (κ2) is 6.74. The quantitative estimate of drug-likeness (QED) is 0.329. The van der Waals surface area contributed by atoms with E-state index in [0.29, 0.717) is 0 Å². The number of rotatable bonds is 6. The molecule has 0 atom stereocenters. The highest BCUT2D eigenvalue weighted by molar-refractivity contribution is 4.69. The Morgan fingerprint density at radius 3 is 2.90 bits per heavy atom. The first-order chi connectivity index (χ1) is 4.81. The van der Waals surface area contributed by atoms with Crippen molar-refractivity contribution >= 4 is 0 Å². The zero-order valence-corrected chi connectivity index (χ0v) is 6.76. The van der Waals surface area contributed by atoms with Crippen molar-refractivity contribution in [1.29, 1.82) is 0 Å². The molecule has 0 fully saturated rings. The Hall–Kier alpha value is -0.380. The molecule has 0 radical (unpaired) electrons. The molecule has 1 N–H and O–H groups in total. The van der Waals surface area contributed by atoms with Gasteiger partial charge in [0.25, 0.3) is 0 Å². The van der Waals surface area contributed by atoms with Gasteiger partial charge in [-0.05, 0) is 0 Å². The number of likely N-dealkylation sites (N-methyl/N-ethyl adjacent to an activating group) is 1. The summed E-state index contributed by atoms with van der Waals surface area (Å²) in [6.07, 6.45) is 1.84. The third kappa shape index (κ3) is 5.75. The van der Waals surface area contributed by atoms with Gasteiger partial charge in [-0.2, -0.15) is 5.06 Å². The maximum absolute atomic E-state index is 4.90. The first-order valence-electron chi connectivity index (χ1n) is 3.38. The van der Waals surface area contributed by atoms with Gasteiger partial charge in [0.1, 0.15) is 0 Å². The molecule has 0 bridgehead atoms. The monoisotopic (exact) mass is 144 g/mol. The fourth-order valence-electron chi connectivity index (χ4n) is 0.532. The van der Waals surface area contributed by atoms with Gasteiger partial charge < -0.3 is 10.2 Å². The van der Waals surface area contributed by atoms with E-state index < -0.39 is 0 Å². The Labute approximate surface area is 62.6 Å². The number of nitrogens with one attached hydrogen (secondary N) is 1. The second-order valence-corrected chi connectivity index (χ2v) is 2.03. The molecule has 0 heterocycles. The largest absolute Gasteiger partial charge is 0.312 e. The zero-order valence-electron chi connectivity index (χ0n) is 6.76. The first kappa shape index (κ1) is 9.62. The Balaban J connectivity index is 2.95. The predicted molar refractivity (Wildman–Crippen MR) is 42.7 cm³/mol. The minimum absolute atomic E-state index is 0.859. The van der Waals surface area contributed by atoms with Crippen LogP contribution in [-0.4, -0.2) is 38.9 Å². The van der Waals surface area contributed by atoms with Crippen LogP contribution in [0.4, 0.5) is 0 Å². The summed E-state index contributed by atoms with van der Waals surface area (Å²) in [6.45, 7) is 6.27. The molecular formula is C7H16N2O. The first-order valence-corrected chi connectivity index (χ1v) is 3.38. The molecule has 0 aromatic rings. The van der Waals surface area contributed by atoms with Crippen LogP contribution in [0, 0.1) is 0 Å². The minimum Gasteiger partial charge on any atom is -0.312 e. The van der Waals surface area contributed by atoms with Crippen LogP contribution < -0.4 is 5.32 Å². The highest BCUT2D eigenvalue weighted by atomic mass is 16.7. The number of nitrogens with zero attached hydrogens (tertiary/aromatic N) is 1. The molecule has 0 amide bonds. The molecule has 0 saturated heterocycles. The van der Waals surface area contributed by atoms with Gasteiger partial charge in [0.05, 0.1) is 7.11 Å². The summed E-state index contributed by atoms with van der Waals surface area (Å²) in [5.74, 6) is 0. The molecule has 3 nitrogen and oxygen atoms in total. The third-order valence-electron chi connectivity index (χ3n) is 1.20. The van der Waals surface area contributed by atoms with Crippen molar-refractivity contribution in [2.75, 3.05) is 33.8 Å². The summed E-state index contributed by atoms with van der Waals surface area (Å²) < 4.78 is 0. The van der Waals surface area contributed by atoms with Gasteiger partial charge in [-0.3, -0.25) is 0 Å². The predicted octanol–water partition coefficient (Wildman–Crippen LogP) is 0.255. The maximum Gasteiger partial charge on any atom is 0.0575 e. The molecule has 0 aliphatic heterocycles. The summed E-state index contributed by atoms with van der Waals surface area (Å²) in [7, 11) is 3.56. The van der Waals surface area contributed by atoms with Gasteiger partial charge in [0.2, 0.25) is 0 Å². The lowest BCUT2D eigenvalue weighted by molar-refractivity contribution is -0.107. The number of hydrogen-bond acceptors (Lipinski definition) is 3. The average Bonchev–Trinajstić information content (AvgIpc) is 1.98. The van der Waals surface area contributed by atoms with E-state index >= 15 is 0 Å². The Bertz CT molecular complexity index is 85.7. The van der Waals surface area contributed by atoms with Gasteiger partial charge in [-0.25, -0.2) is 0 Å². The lowest BCUT2D eigenvalue weighted by Gasteiger charge is -2.12. The van der Waals surface area contributed by atoms with Crippen LogP contribution in [0.15, 0.2) is 12.7 Å². The van der Waals surface area contributed by atoms with Crippen molar-refractivity contribution in [3.63, 3.8) is 0 Å². The van der Waals surface area contributed by atoms with Crippen LogP contribution in [0.5, 0.6) is 0 Å². The van der Waals surface area contributed by atoms with Crippen molar-refractivity contribution < 1.29 is 4.84 Å². The van der Waals surface area contributed by atoms with Crippen molar-refractivity contribution in [1.82, 2.24) is 10.4 Å². The molecule has 0 rings (SSSR count). The molecule has 0 spiro atoms. The third-order valence-corrected chi connectivity index (χ3v) is 1.20. The fraction of sp³-hybridized carbons (Fsp3) is 0.714. The zero-order chi connectivity index (χ0) is 7.82. The molecular weight excluding hydrogens is 128 g/mol. The van der Waals surface area contributed by atoms with Crippen molar-refractivity contribution in [2.45, 2.75) is 0 Å². The smallest absolute Gasteiger partial charge is 0.0575 e. The van der Waals surface area contributed by atoms with E-state index in [9.17, 15) is 0 Å². The van der Waals surface area contributed by atoms with Crippen LogP contribution in [-0.2, 0) is 4.84 Å². The standard InChI is InChI=1S/C7H16N2O/c1-4-5-8-6-7-9(2)10-3/h4,8H,1,5-7H2,2-3H3. The summed E-state index contributed by atoms with van der Waals surface area (Å²) in [5.41, 5.74) is 0. The molecule has 3 heteroatoms. The van der Waals surface area contributed by atoms with Gasteiger partial charge in [-0.15, -0.1) is 6.58 Å². The summed E-state index contributed by atoms with van der Waals surface area (Å²) in [4.78, 5) is 4.90. The van der Waals surface area contributed by atoms with E-state index in [4.69, 9.17) is 4.84 Å². The van der Waals surface area contributed by atoms with Gasteiger partial charge >= 0.3 is 0 Å². The van der Waals surface area contributed by atoms with E-state index in [1.165, 1.54) is 0 Å². The van der Waals surface area contributed by atoms with Crippen LogP contribution >= 0.6 is 0 Å². The average molecular weight is 144 g/mol. The minimum atomic E-state index is 0.859. The number of hydroxylamine groups is 2. The van der Waals surface area contributed by atoms with Gasteiger partial charge in [-0.1, -0.05) is 6.08 Å². The SMILES string of the molecule is C=CCNCCN(C)OC. The van der Waals surface area contributed by atoms with E-state index in [1.54, 1.807) is 12.2 Å². The molecule has 0 saturated carbocycles. The summed E-state index contributed by atoms with van der Waals surface area (Å²) in [5, 5.41) is 4.93. The molecule has 10 heavy (non-hydrogen) atoms. The topological polar surface area (TPSA) is 24.5 Å². The molecule has 0 aromatic heterocycles. The Kier molecular flexibility index (Phi) is 6.48. The van der Waals surface area contributed by atoms with Crippen molar-refractivity contribution in [3.05, 3.63) is 12.7 Å². The Morgan fingerprint density at radius 2 is 2.40 bits per heavy atom. The van der Waals surface area contributed by atoms with E-state index in [1.807, 2.05) is 13.1 Å². The molecule has 0 aliphatic rings. The van der Waals surface area contributed by atoms with Gasteiger partial charge in [0.15, 0.2) is 0 Å². The Morgan fingerprint density at radius 1 is 1.70 bits per heavy atom. The highest BCUT2D eigenvalue weighted by Gasteiger charge is 1.91. The van der Waals surface area contributed by atoms with Crippen LogP contribution in [0.2, 0.25) is 0 Å². The number of hydrogen-bond donors (Lipinski definition) is 1. The van der Waals surface area contributed by atoms with Gasteiger partial charge in [0, 0.05) is 26.7 Å². The second-order valence-electron chi connectivity index (χ2n) is 2.03. The lowest BCUT2D eigenvalue weighted by Crippen LogP contribution is -2.28. The van der Waals surface area contributed by atoms with E-state index in [2.05, 4.69) is 11.9 Å². The fourth-order valence-corrected chi connectivity index (χ4v) is 0.532. The van der Waals surface area contributed by atoms with Crippen molar-refractivity contribution in [2.24, 2.45) is 0 Å². The summed E-state index contributed by atoms with van der Waals surface area (Å²) in [6, 6.07) is 0. The lowest BCUT2D eigenvalue weighted by atomic mass is 10.5. The van der Waals surface area contributed by atoms with Crippen LogP contribution in [0.25, 0.3) is 0 Å². The molecule has 0 unspecified atom stereocenters. The van der Waals surface area contributed by atoms with Crippen molar-refractivity contribution in [3.8, 4) is 0 Å². The maximum atomic E-state index is 4.90. The summed E-state index contributed by atoms with van der Waals surface area (Å²) >= 11 is 0. The van der Waals surface area contributed by atoms with Crippen LogP contribution in [0.1, 0.15) is 0 Å². The highest BCUT2D eigenvalue weighted by Crippen LogP contribution is 1.77. The molecule has 0 aromatic carbocycles. The van der Waals surface area contributed by atoms with E-state index in [0.717, 1.165) is 19.6 Å². The molecule has 0 aliphatic carbocycles. The van der Waals surface area contributed by atoms with E-state index in [-0.39, 0.29) is 0 Å². The normalized spacial score (nSPS) is 10.3. The molecule has 60 valence electrons. The van der Waals surface area contributed by atoms with Crippen LogP contribution in [0.3, 0.4) is 0 Å².